The predicted octanol–water partition coefficient (Wildman–Crippen LogP) is 2.64. The second-order valence-electron chi connectivity index (χ2n) is 8.37. The van der Waals surface area contributed by atoms with Gasteiger partial charge in [0.25, 0.3) is 0 Å². The Balaban J connectivity index is 2.28. The highest BCUT2D eigenvalue weighted by Crippen LogP contribution is 2.30. The van der Waals surface area contributed by atoms with E-state index in [0.29, 0.717) is 28.1 Å². The number of hydrogen-bond donors (Lipinski definition) is 0. The minimum atomic E-state index is -3.64. The Morgan fingerprint density at radius 1 is 0.750 bits per heavy atom. The molecule has 11 heteroatoms. The van der Waals surface area contributed by atoms with Crippen molar-refractivity contribution >= 4 is 25.5 Å². The van der Waals surface area contributed by atoms with Gasteiger partial charge in [-0.1, -0.05) is 20.8 Å². The average Bonchev–Trinajstić information content (AvgIpc) is 2.71. The molecule has 1 aromatic carbocycles. The number of carbonyl (C=O) groups excluding carboxylic acids is 1. The highest BCUT2D eigenvalue weighted by Gasteiger charge is 2.25. The zero-order valence-corrected chi connectivity index (χ0v) is 19.8. The van der Waals surface area contributed by atoms with Gasteiger partial charge in [0.15, 0.2) is 5.78 Å². The maximum Gasteiger partial charge on any atom is 0.247 e. The van der Waals surface area contributed by atoms with E-state index in [1.165, 1.54) is 24.5 Å². The van der Waals surface area contributed by atoms with Crippen molar-refractivity contribution in [2.45, 2.75) is 31.1 Å². The van der Waals surface area contributed by atoms with Gasteiger partial charge in [-0.15, -0.1) is 0 Å². The van der Waals surface area contributed by atoms with Gasteiger partial charge in [0.1, 0.15) is 0 Å². The maximum atomic E-state index is 13.0. The van der Waals surface area contributed by atoms with E-state index in [9.17, 15) is 21.6 Å². The molecule has 0 unspecified atom stereocenters. The van der Waals surface area contributed by atoms with Crippen LogP contribution >= 0.6 is 0 Å². The molecule has 0 bridgehead atoms. The normalized spacial score (nSPS) is 12.5. The number of sulfone groups is 2. The van der Waals surface area contributed by atoms with E-state index in [1.54, 1.807) is 39.0 Å². The van der Waals surface area contributed by atoms with Gasteiger partial charge in [-0.3, -0.25) is 4.79 Å². The van der Waals surface area contributed by atoms with Gasteiger partial charge < -0.3 is 0 Å². The molecule has 9 nitrogen and oxygen atoms in total. The predicted molar refractivity (Wildman–Crippen MR) is 118 cm³/mol. The number of ketones is 1. The molecule has 3 rings (SSSR count). The van der Waals surface area contributed by atoms with Crippen LogP contribution in [0.25, 0.3) is 22.5 Å². The van der Waals surface area contributed by atoms with Gasteiger partial charge in [0.2, 0.25) is 30.0 Å². The first-order chi connectivity index (χ1) is 14.7. The van der Waals surface area contributed by atoms with Gasteiger partial charge in [0.05, 0.1) is 11.4 Å². The molecule has 2 heterocycles. The van der Waals surface area contributed by atoms with Crippen LogP contribution in [0.5, 0.6) is 0 Å². The summed E-state index contributed by atoms with van der Waals surface area (Å²) in [6.45, 7) is 5.34. The highest BCUT2D eigenvalue weighted by atomic mass is 32.2. The van der Waals surface area contributed by atoms with E-state index in [1.807, 2.05) is 0 Å². The number of Topliss-reactive ketones (excluding diaryl/α,β-unsaturated/α-hetero) is 1. The Bertz CT molecular complexity index is 1330. The molecule has 0 spiro atoms. The lowest BCUT2D eigenvalue weighted by molar-refractivity contribution is 0.0858. The first-order valence-corrected chi connectivity index (χ1v) is 13.2. The molecule has 0 saturated heterocycles. The Morgan fingerprint density at radius 2 is 1.16 bits per heavy atom. The molecule has 32 heavy (non-hydrogen) atoms. The summed E-state index contributed by atoms with van der Waals surface area (Å²) < 4.78 is 47.6. The molecule has 2 aromatic heterocycles. The Hall–Kier alpha value is -3.05. The number of hydrogen-bond acceptors (Lipinski definition) is 9. The van der Waals surface area contributed by atoms with Gasteiger partial charge in [-0.2, -0.15) is 0 Å². The second kappa shape index (κ2) is 8.14. The fourth-order valence-corrected chi connectivity index (χ4v) is 3.88. The molecule has 0 atom stereocenters. The summed E-state index contributed by atoms with van der Waals surface area (Å²) in [7, 11) is -7.29. The first kappa shape index (κ1) is 23.6. The summed E-state index contributed by atoms with van der Waals surface area (Å²) in [6, 6.07) is 7.94. The van der Waals surface area contributed by atoms with Crippen molar-refractivity contribution in [2.24, 2.45) is 5.41 Å². The Labute approximate surface area is 186 Å². The van der Waals surface area contributed by atoms with Crippen LogP contribution in [0.3, 0.4) is 0 Å². The standard InChI is InChI=1S/C21H22N4O5S2/c1-21(2,3)18(26)15-11-13(16-6-8-22-19(24-16)31(4,27)28)10-14(12-15)17-7-9-23-20(25-17)32(5,29)30/h6-12H,1-5H3. The number of nitrogens with zero attached hydrogens (tertiary/aromatic N) is 4. The molecule has 0 radical (unpaired) electrons. The molecule has 0 fully saturated rings. The van der Waals surface area contributed by atoms with Crippen molar-refractivity contribution in [1.82, 2.24) is 19.9 Å². The lowest BCUT2D eigenvalue weighted by Crippen LogP contribution is -2.20. The van der Waals surface area contributed by atoms with Gasteiger partial charge in [0, 0.05) is 47.0 Å². The van der Waals surface area contributed by atoms with E-state index < -0.39 is 25.1 Å². The minimum absolute atomic E-state index is 0.157. The Kier molecular flexibility index (Phi) is 6.00. The topological polar surface area (TPSA) is 137 Å². The van der Waals surface area contributed by atoms with E-state index in [2.05, 4.69) is 19.9 Å². The van der Waals surface area contributed by atoms with Crippen LogP contribution in [0.4, 0.5) is 0 Å². The zero-order chi connectivity index (χ0) is 23.9. The van der Waals surface area contributed by atoms with Gasteiger partial charge in [-0.25, -0.2) is 36.8 Å². The van der Waals surface area contributed by atoms with Crippen LogP contribution < -0.4 is 0 Å². The molecule has 0 aliphatic heterocycles. The third kappa shape index (κ3) is 5.22. The van der Waals surface area contributed by atoms with E-state index in [0.717, 1.165) is 12.5 Å². The molecule has 0 saturated carbocycles. The lowest BCUT2D eigenvalue weighted by atomic mass is 9.85. The summed E-state index contributed by atoms with van der Waals surface area (Å²) in [5.41, 5.74) is 1.17. The van der Waals surface area contributed by atoms with Crippen molar-refractivity contribution in [2.75, 3.05) is 12.5 Å². The third-order valence-corrected chi connectivity index (χ3v) is 6.12. The van der Waals surface area contributed by atoms with Gasteiger partial charge >= 0.3 is 0 Å². The molecule has 0 N–H and O–H groups in total. The van der Waals surface area contributed by atoms with Crippen LogP contribution in [0.15, 0.2) is 53.0 Å². The summed E-state index contributed by atoms with van der Waals surface area (Å²) in [5.74, 6) is -0.157. The monoisotopic (exact) mass is 474 g/mol. The van der Waals surface area contributed by atoms with Crippen molar-refractivity contribution in [1.29, 1.82) is 0 Å². The van der Waals surface area contributed by atoms with Crippen LogP contribution in [-0.4, -0.2) is 55.1 Å². The van der Waals surface area contributed by atoms with Crippen LogP contribution in [0.1, 0.15) is 31.1 Å². The lowest BCUT2D eigenvalue weighted by Gasteiger charge is -2.18. The fourth-order valence-electron chi connectivity index (χ4n) is 2.85. The van der Waals surface area contributed by atoms with E-state index in [-0.39, 0.29) is 16.1 Å². The number of rotatable bonds is 5. The SMILES string of the molecule is CC(C)(C)C(=O)c1cc(-c2ccnc(S(C)(=O)=O)n2)cc(-c2ccnc(S(C)(=O)=O)n2)c1. The Morgan fingerprint density at radius 3 is 1.50 bits per heavy atom. The summed E-state index contributed by atoms with van der Waals surface area (Å²) >= 11 is 0. The zero-order valence-electron chi connectivity index (χ0n) is 18.2. The van der Waals surface area contributed by atoms with Crippen molar-refractivity contribution in [3.8, 4) is 22.5 Å². The molecule has 168 valence electrons. The van der Waals surface area contributed by atoms with Crippen molar-refractivity contribution < 1.29 is 21.6 Å². The fraction of sp³-hybridized carbons (Fsp3) is 0.286. The second-order valence-corrected chi connectivity index (χ2v) is 12.2. The molecule has 0 aliphatic rings. The van der Waals surface area contributed by atoms with Gasteiger partial charge in [-0.05, 0) is 30.3 Å². The third-order valence-electron chi connectivity index (χ3n) is 4.40. The highest BCUT2D eigenvalue weighted by molar-refractivity contribution is 7.90. The van der Waals surface area contributed by atoms with Crippen molar-refractivity contribution in [3.05, 3.63) is 48.3 Å². The maximum absolute atomic E-state index is 13.0. The summed E-state index contributed by atoms with van der Waals surface area (Å²) in [6.07, 6.45) is 4.65. The quantitative estimate of drug-likeness (QED) is 0.403. The first-order valence-electron chi connectivity index (χ1n) is 9.43. The minimum Gasteiger partial charge on any atom is -0.294 e. The molecule has 3 aromatic rings. The smallest absolute Gasteiger partial charge is 0.247 e. The number of benzene rings is 1. The van der Waals surface area contributed by atoms with E-state index >= 15 is 0 Å². The number of aromatic nitrogens is 4. The van der Waals surface area contributed by atoms with Crippen LogP contribution in [0, 0.1) is 5.41 Å². The van der Waals surface area contributed by atoms with Crippen molar-refractivity contribution in [3.63, 3.8) is 0 Å². The molecular weight excluding hydrogens is 452 g/mol. The van der Waals surface area contributed by atoms with Crippen LogP contribution in [-0.2, 0) is 19.7 Å². The molecular formula is C21H22N4O5S2. The summed E-state index contributed by atoms with van der Waals surface area (Å²) in [4.78, 5) is 28.9. The average molecular weight is 475 g/mol. The van der Waals surface area contributed by atoms with Crippen LogP contribution in [0.2, 0.25) is 0 Å². The molecule has 0 amide bonds. The molecule has 0 aliphatic carbocycles. The van der Waals surface area contributed by atoms with E-state index in [4.69, 9.17) is 0 Å². The largest absolute Gasteiger partial charge is 0.294 e. The number of carbonyl (C=O) groups is 1. The summed E-state index contributed by atoms with van der Waals surface area (Å²) in [5, 5.41) is -0.684.